The molecule has 12 nitrogen and oxygen atoms in total. The van der Waals surface area contributed by atoms with Gasteiger partial charge in [0, 0.05) is 36.9 Å². The van der Waals surface area contributed by atoms with Crippen LogP contribution in [0.25, 0.3) is 33.6 Å². The number of nitrogen functional groups attached to an aromatic ring is 1. The van der Waals surface area contributed by atoms with E-state index in [1.165, 1.54) is 18.2 Å². The third-order valence-corrected chi connectivity index (χ3v) is 8.38. The minimum atomic E-state index is -0.0262. The zero-order chi connectivity index (χ0) is 33.7. The smallest absolute Gasteiger partial charge is 0.183 e. The Balaban J connectivity index is 1.18. The van der Waals surface area contributed by atoms with Crippen LogP contribution in [0, 0.1) is 0 Å². The van der Waals surface area contributed by atoms with Crippen molar-refractivity contribution in [2.24, 2.45) is 0 Å². The van der Waals surface area contributed by atoms with Crippen LogP contribution in [-0.4, -0.2) is 51.5 Å². The first-order chi connectivity index (χ1) is 23.9. The summed E-state index contributed by atoms with van der Waals surface area (Å²) in [6.45, 7) is 4.82. The average Bonchev–Trinajstić information content (AvgIpc) is 3.13. The van der Waals surface area contributed by atoms with Crippen LogP contribution in [0.15, 0.2) is 92.0 Å². The molecule has 0 saturated carbocycles. The van der Waals surface area contributed by atoms with Crippen molar-refractivity contribution in [1.82, 2.24) is 39.9 Å². The molecule has 244 valence electrons. The van der Waals surface area contributed by atoms with Crippen LogP contribution in [0.1, 0.15) is 42.0 Å². The number of hydrogen-bond donors (Lipinski definition) is 3. The molecule has 4 heterocycles. The zero-order valence-corrected chi connectivity index (χ0v) is 27.1. The summed E-state index contributed by atoms with van der Waals surface area (Å²) in [6, 6.07) is 18.0. The third kappa shape index (κ3) is 6.75. The number of nitrogens with one attached hydrogen (secondary N) is 1. The molecule has 7 aromatic rings. The van der Waals surface area contributed by atoms with Crippen LogP contribution in [0.4, 0.5) is 11.5 Å². The van der Waals surface area contributed by atoms with E-state index in [4.69, 9.17) is 10.5 Å². The number of nitrogens with zero attached hydrogens (tertiary/aromatic N) is 8. The molecule has 0 saturated heterocycles. The van der Waals surface area contributed by atoms with E-state index >= 15 is 0 Å². The maximum atomic E-state index is 11.1. The molecule has 0 bridgehead atoms. The SMILES string of the molecule is CC(C)c1ccc(Oc2ccc(CCc3cc(O)c(N)c(-c4ncnc5nccnc45)c3CCNc3ncnc4nccnc34)cc2)cc1. The van der Waals surface area contributed by atoms with Crippen LogP contribution in [-0.2, 0) is 19.3 Å². The molecule has 49 heavy (non-hydrogen) atoms. The topological polar surface area (TPSA) is 171 Å². The first kappa shape index (κ1) is 31.3. The second-order valence-electron chi connectivity index (χ2n) is 11.9. The molecular formula is C37H34N10O2. The molecule has 0 atom stereocenters. The molecule has 0 radical (unpaired) electrons. The van der Waals surface area contributed by atoms with Gasteiger partial charge in [0.05, 0.1) is 5.69 Å². The van der Waals surface area contributed by atoms with Gasteiger partial charge in [-0.3, -0.25) is 0 Å². The quantitative estimate of drug-likeness (QED) is 0.103. The Morgan fingerprint density at radius 2 is 1.35 bits per heavy atom. The summed E-state index contributed by atoms with van der Waals surface area (Å²) in [7, 11) is 0. The van der Waals surface area contributed by atoms with E-state index in [-0.39, 0.29) is 11.4 Å². The lowest BCUT2D eigenvalue weighted by atomic mass is 9.90. The van der Waals surface area contributed by atoms with Gasteiger partial charge in [-0.05, 0) is 77.8 Å². The molecule has 12 heteroatoms. The number of nitrogens with two attached hydrogens (primary N) is 1. The summed E-state index contributed by atoms with van der Waals surface area (Å²) in [5, 5.41) is 14.5. The van der Waals surface area contributed by atoms with Crippen molar-refractivity contribution < 1.29 is 9.84 Å². The maximum absolute atomic E-state index is 11.1. The maximum Gasteiger partial charge on any atom is 0.183 e. The average molecular weight is 651 g/mol. The Labute approximate surface area is 282 Å². The van der Waals surface area contributed by atoms with E-state index in [0.29, 0.717) is 71.1 Å². The van der Waals surface area contributed by atoms with E-state index in [1.54, 1.807) is 30.9 Å². The predicted octanol–water partition coefficient (Wildman–Crippen LogP) is 6.46. The lowest BCUT2D eigenvalue weighted by Gasteiger charge is -2.19. The summed E-state index contributed by atoms with van der Waals surface area (Å²) < 4.78 is 6.09. The number of fused-ring (bicyclic) bond motifs is 2. The van der Waals surface area contributed by atoms with Crippen LogP contribution < -0.4 is 15.8 Å². The normalized spacial score (nSPS) is 11.3. The van der Waals surface area contributed by atoms with E-state index < -0.39 is 0 Å². The van der Waals surface area contributed by atoms with Crippen molar-refractivity contribution >= 4 is 33.8 Å². The Morgan fingerprint density at radius 1 is 0.714 bits per heavy atom. The second kappa shape index (κ2) is 13.8. The van der Waals surface area contributed by atoms with Crippen molar-refractivity contribution in [2.45, 2.75) is 39.0 Å². The lowest BCUT2D eigenvalue weighted by molar-refractivity contribution is 0.477. The van der Waals surface area contributed by atoms with E-state index in [9.17, 15) is 5.11 Å². The van der Waals surface area contributed by atoms with E-state index in [1.807, 2.05) is 24.3 Å². The van der Waals surface area contributed by atoms with Crippen LogP contribution >= 0.6 is 0 Å². The number of hydrogen-bond acceptors (Lipinski definition) is 12. The van der Waals surface area contributed by atoms with Gasteiger partial charge in [0.1, 0.15) is 46.6 Å². The fourth-order valence-electron chi connectivity index (χ4n) is 5.83. The number of aromatic nitrogens is 8. The first-order valence-corrected chi connectivity index (χ1v) is 16.0. The molecule has 0 amide bonds. The largest absolute Gasteiger partial charge is 0.506 e. The van der Waals surface area contributed by atoms with E-state index in [2.05, 4.69) is 83.3 Å². The highest BCUT2D eigenvalue weighted by molar-refractivity contribution is 5.94. The minimum Gasteiger partial charge on any atom is -0.506 e. The van der Waals surface area contributed by atoms with Crippen LogP contribution in [0.2, 0.25) is 0 Å². The predicted molar refractivity (Wildman–Crippen MR) is 188 cm³/mol. The van der Waals surface area contributed by atoms with Gasteiger partial charge >= 0.3 is 0 Å². The number of phenols is 1. The highest BCUT2D eigenvalue weighted by atomic mass is 16.5. The first-order valence-electron chi connectivity index (χ1n) is 16.0. The zero-order valence-electron chi connectivity index (χ0n) is 27.1. The standard InChI is InChI=1S/C37H34N10O2/c1-22(2)24-7-11-27(12-8-24)49-26-9-4-23(5-10-26)3-6-25-19-29(48)31(38)30(32-33-35(45-20-44-32)42-17-15-39-33)28(25)13-14-41-36-34-37(47-21-46-36)43-18-16-40-34/h4-5,7-12,15-22,48H,3,6,13-14,38H2,1-2H3,(H,41,43,46,47). The fraction of sp³-hybridized carbons (Fsp3) is 0.189. The number of phenolic OH excluding ortho intramolecular Hbond substituents is 1. The summed E-state index contributed by atoms with van der Waals surface area (Å²) in [5.74, 6) is 2.57. The second-order valence-corrected chi connectivity index (χ2v) is 11.9. The highest BCUT2D eigenvalue weighted by Crippen LogP contribution is 2.40. The van der Waals surface area contributed by atoms with Gasteiger partial charge in [0.25, 0.3) is 0 Å². The summed E-state index contributed by atoms with van der Waals surface area (Å²) in [4.78, 5) is 35.0. The van der Waals surface area contributed by atoms with Crippen molar-refractivity contribution in [3.63, 3.8) is 0 Å². The Hall–Kier alpha value is -6.30. The Bertz CT molecular complexity index is 2230. The Kier molecular flexibility index (Phi) is 8.83. The van der Waals surface area contributed by atoms with Crippen molar-refractivity contribution in [3.8, 4) is 28.5 Å². The van der Waals surface area contributed by atoms with Gasteiger partial charge in [0.2, 0.25) is 0 Å². The number of aromatic hydroxyl groups is 1. The summed E-state index contributed by atoms with van der Waals surface area (Å²) in [6.07, 6.45) is 11.1. The third-order valence-electron chi connectivity index (χ3n) is 8.38. The number of rotatable bonds is 11. The molecule has 3 aromatic carbocycles. The molecule has 0 aliphatic rings. The molecule has 0 aliphatic heterocycles. The number of benzene rings is 3. The molecule has 0 unspecified atom stereocenters. The monoisotopic (exact) mass is 650 g/mol. The van der Waals surface area contributed by atoms with Gasteiger partial charge < -0.3 is 20.9 Å². The number of anilines is 2. The number of ether oxygens (including phenoxy) is 1. The number of aryl methyl sites for hydroxylation is 2. The van der Waals surface area contributed by atoms with E-state index in [0.717, 1.165) is 28.2 Å². The van der Waals surface area contributed by atoms with Gasteiger partial charge in [-0.1, -0.05) is 38.1 Å². The van der Waals surface area contributed by atoms with Crippen molar-refractivity contribution in [2.75, 3.05) is 17.6 Å². The van der Waals surface area contributed by atoms with Gasteiger partial charge in [0.15, 0.2) is 17.1 Å². The van der Waals surface area contributed by atoms with Gasteiger partial charge in [-0.25, -0.2) is 39.9 Å². The molecule has 4 N–H and O–H groups in total. The van der Waals surface area contributed by atoms with Crippen LogP contribution in [0.5, 0.6) is 17.2 Å². The highest BCUT2D eigenvalue weighted by Gasteiger charge is 2.22. The molecule has 0 spiro atoms. The Morgan fingerprint density at radius 3 is 2.06 bits per heavy atom. The van der Waals surface area contributed by atoms with Crippen LogP contribution in [0.3, 0.4) is 0 Å². The summed E-state index contributed by atoms with van der Waals surface area (Å²) in [5.41, 5.74) is 14.2. The van der Waals surface area contributed by atoms with Gasteiger partial charge in [-0.15, -0.1) is 0 Å². The summed E-state index contributed by atoms with van der Waals surface area (Å²) >= 11 is 0. The van der Waals surface area contributed by atoms with Crippen molar-refractivity contribution in [1.29, 1.82) is 0 Å². The lowest BCUT2D eigenvalue weighted by Crippen LogP contribution is -2.12. The molecule has 7 rings (SSSR count). The fourth-order valence-corrected chi connectivity index (χ4v) is 5.83. The molecule has 0 fully saturated rings. The van der Waals surface area contributed by atoms with Crippen molar-refractivity contribution in [3.05, 3.63) is 114 Å². The van der Waals surface area contributed by atoms with Gasteiger partial charge in [-0.2, -0.15) is 0 Å². The molecular weight excluding hydrogens is 616 g/mol. The minimum absolute atomic E-state index is 0.0262. The molecule has 4 aromatic heterocycles. The molecule has 0 aliphatic carbocycles.